The van der Waals surface area contributed by atoms with Crippen LogP contribution in [0.3, 0.4) is 0 Å². The first-order valence-corrected chi connectivity index (χ1v) is 8.18. The lowest BCUT2D eigenvalue weighted by atomic mass is 10.2. The molecule has 0 saturated carbocycles. The molecule has 118 valence electrons. The number of aromatic nitrogens is 3. The van der Waals surface area contributed by atoms with E-state index in [-0.39, 0.29) is 5.75 Å². The Kier molecular flexibility index (Phi) is 5.69. The number of allylic oxidation sites excluding steroid dienone is 1. The molecule has 1 aromatic heterocycles. The topological polar surface area (TPSA) is 30.7 Å². The number of thioether (sulfide) groups is 1. The lowest BCUT2D eigenvalue weighted by Crippen LogP contribution is -2.08. The summed E-state index contributed by atoms with van der Waals surface area (Å²) in [7, 11) is 0. The van der Waals surface area contributed by atoms with Gasteiger partial charge in [0.25, 0.3) is 0 Å². The molecule has 2 aromatic rings. The molecule has 0 saturated heterocycles. The summed E-state index contributed by atoms with van der Waals surface area (Å²) in [4.78, 5) is 4.33. The largest absolute Gasteiger partial charge is 0.389 e. The molecule has 0 unspecified atom stereocenters. The third kappa shape index (κ3) is 4.88. The second-order valence-corrected chi connectivity index (χ2v) is 6.39. The zero-order chi connectivity index (χ0) is 16.2. The summed E-state index contributed by atoms with van der Waals surface area (Å²) in [6.07, 6.45) is -3.35. The maximum Gasteiger partial charge on any atom is 0.389 e. The van der Waals surface area contributed by atoms with Crippen LogP contribution in [0.1, 0.15) is 6.42 Å². The Hall–Kier alpha value is -1.28. The van der Waals surface area contributed by atoms with Crippen LogP contribution in [0.15, 0.2) is 46.5 Å². The summed E-state index contributed by atoms with van der Waals surface area (Å²) in [6, 6.07) is 7.49. The summed E-state index contributed by atoms with van der Waals surface area (Å²) in [5.74, 6) is 0.517. The molecule has 0 N–H and O–H groups in total. The van der Waals surface area contributed by atoms with Gasteiger partial charge in [-0.1, -0.05) is 45.9 Å². The molecule has 0 bridgehead atoms. The van der Waals surface area contributed by atoms with E-state index in [4.69, 9.17) is 0 Å². The van der Waals surface area contributed by atoms with Gasteiger partial charge < -0.3 is 0 Å². The molecule has 0 radical (unpaired) electrons. The van der Waals surface area contributed by atoms with Gasteiger partial charge in [0, 0.05) is 15.8 Å². The molecular formula is C14H13BrF3N3S. The van der Waals surface area contributed by atoms with Gasteiger partial charge in [0.1, 0.15) is 0 Å². The Labute approximate surface area is 138 Å². The maximum absolute atomic E-state index is 12.2. The van der Waals surface area contributed by atoms with Crippen molar-refractivity contribution in [3.63, 3.8) is 0 Å². The van der Waals surface area contributed by atoms with Crippen molar-refractivity contribution in [3.05, 3.63) is 41.4 Å². The standard InChI is InChI=1S/C14H13BrF3N3S/c1-2-8-21-12(10-3-5-11(15)6-4-10)19-13(20-21)22-9-7-14(16,17)18/h2-6H,1,7-9H2. The lowest BCUT2D eigenvalue weighted by molar-refractivity contribution is -0.129. The molecule has 0 aliphatic rings. The molecule has 2 rings (SSSR count). The highest BCUT2D eigenvalue weighted by Gasteiger charge is 2.26. The Bertz CT molecular complexity index is 638. The quantitative estimate of drug-likeness (QED) is 0.516. The highest BCUT2D eigenvalue weighted by molar-refractivity contribution is 9.10. The number of hydrogen-bond acceptors (Lipinski definition) is 3. The summed E-state index contributed by atoms with van der Waals surface area (Å²) in [5.41, 5.74) is 0.847. The fourth-order valence-corrected chi connectivity index (χ4v) is 2.79. The van der Waals surface area contributed by atoms with Crippen molar-refractivity contribution in [2.45, 2.75) is 24.3 Å². The molecule has 0 fully saturated rings. The van der Waals surface area contributed by atoms with Gasteiger partial charge in [-0.05, 0) is 12.1 Å². The summed E-state index contributed by atoms with van der Waals surface area (Å²) >= 11 is 4.35. The van der Waals surface area contributed by atoms with Crippen LogP contribution in [0.25, 0.3) is 11.4 Å². The Balaban J connectivity index is 2.18. The predicted octanol–water partition coefficient (Wildman–Crippen LogP) is 4.94. The van der Waals surface area contributed by atoms with Crippen LogP contribution in [-0.2, 0) is 6.54 Å². The van der Waals surface area contributed by atoms with Crippen molar-refractivity contribution < 1.29 is 13.2 Å². The number of hydrogen-bond donors (Lipinski definition) is 0. The van der Waals surface area contributed by atoms with E-state index in [1.54, 1.807) is 10.8 Å². The van der Waals surface area contributed by atoms with Crippen LogP contribution in [0, 0.1) is 0 Å². The zero-order valence-corrected chi connectivity index (χ0v) is 13.9. The van der Waals surface area contributed by atoms with Crippen molar-refractivity contribution in [3.8, 4) is 11.4 Å². The van der Waals surface area contributed by atoms with Crippen molar-refractivity contribution in [2.24, 2.45) is 0 Å². The van der Waals surface area contributed by atoms with E-state index in [1.165, 1.54) is 0 Å². The summed E-state index contributed by atoms with van der Waals surface area (Å²) in [5, 5.41) is 4.57. The molecule has 3 nitrogen and oxygen atoms in total. The van der Waals surface area contributed by atoms with Gasteiger partial charge in [-0.2, -0.15) is 13.2 Å². The zero-order valence-electron chi connectivity index (χ0n) is 11.5. The molecule has 0 spiro atoms. The second kappa shape index (κ2) is 7.32. The first-order chi connectivity index (χ1) is 10.4. The van der Waals surface area contributed by atoms with Crippen LogP contribution < -0.4 is 0 Å². The molecule has 22 heavy (non-hydrogen) atoms. The van der Waals surface area contributed by atoms with Crippen molar-refractivity contribution >= 4 is 27.7 Å². The minimum atomic E-state index is -4.16. The van der Waals surface area contributed by atoms with Gasteiger partial charge in [-0.15, -0.1) is 11.7 Å². The minimum Gasteiger partial charge on any atom is -0.241 e. The van der Waals surface area contributed by atoms with Gasteiger partial charge in [-0.3, -0.25) is 0 Å². The van der Waals surface area contributed by atoms with Gasteiger partial charge in [0.05, 0.1) is 13.0 Å². The predicted molar refractivity (Wildman–Crippen MR) is 84.8 cm³/mol. The van der Waals surface area contributed by atoms with Crippen molar-refractivity contribution in [2.75, 3.05) is 5.75 Å². The summed E-state index contributed by atoms with van der Waals surface area (Å²) < 4.78 is 39.1. The Morgan fingerprint density at radius 3 is 2.55 bits per heavy atom. The number of benzene rings is 1. The van der Waals surface area contributed by atoms with E-state index in [0.29, 0.717) is 17.5 Å². The highest BCUT2D eigenvalue weighted by Crippen LogP contribution is 2.27. The summed E-state index contributed by atoms with van der Waals surface area (Å²) in [6.45, 7) is 4.10. The van der Waals surface area contributed by atoms with Crippen LogP contribution in [0.5, 0.6) is 0 Å². The Morgan fingerprint density at radius 1 is 1.27 bits per heavy atom. The number of rotatable bonds is 6. The molecule has 1 aromatic carbocycles. The molecular weight excluding hydrogens is 379 g/mol. The van der Waals surface area contributed by atoms with Gasteiger partial charge in [0.15, 0.2) is 5.82 Å². The van der Waals surface area contributed by atoms with E-state index in [9.17, 15) is 13.2 Å². The molecule has 0 amide bonds. The Morgan fingerprint density at radius 2 is 1.95 bits per heavy atom. The van der Waals surface area contributed by atoms with Crippen LogP contribution in [-0.4, -0.2) is 26.7 Å². The average molecular weight is 392 g/mol. The van der Waals surface area contributed by atoms with E-state index in [2.05, 4.69) is 32.6 Å². The normalized spacial score (nSPS) is 11.6. The van der Waals surface area contributed by atoms with Gasteiger partial charge in [0.2, 0.25) is 5.16 Å². The third-order valence-corrected chi connectivity index (χ3v) is 4.04. The number of alkyl halides is 3. The average Bonchev–Trinajstić information content (AvgIpc) is 2.82. The first kappa shape index (κ1) is 17.1. The van der Waals surface area contributed by atoms with Gasteiger partial charge in [-0.25, -0.2) is 9.67 Å². The van der Waals surface area contributed by atoms with Gasteiger partial charge >= 0.3 is 6.18 Å². The second-order valence-electron chi connectivity index (χ2n) is 4.41. The van der Waals surface area contributed by atoms with E-state index >= 15 is 0 Å². The fraction of sp³-hybridized carbons (Fsp3) is 0.286. The smallest absolute Gasteiger partial charge is 0.241 e. The maximum atomic E-state index is 12.2. The van der Waals surface area contributed by atoms with Crippen LogP contribution >= 0.6 is 27.7 Å². The first-order valence-electron chi connectivity index (χ1n) is 6.40. The van der Waals surface area contributed by atoms with E-state index in [0.717, 1.165) is 21.8 Å². The SMILES string of the molecule is C=CCn1nc(SCCC(F)(F)F)nc1-c1ccc(Br)cc1. The molecule has 0 aliphatic heterocycles. The number of halogens is 4. The number of nitrogens with zero attached hydrogens (tertiary/aromatic N) is 3. The molecule has 1 heterocycles. The lowest BCUT2D eigenvalue weighted by Gasteiger charge is -2.03. The van der Waals surface area contributed by atoms with E-state index < -0.39 is 12.6 Å². The van der Waals surface area contributed by atoms with Crippen molar-refractivity contribution in [1.29, 1.82) is 0 Å². The minimum absolute atomic E-state index is 0.0959. The monoisotopic (exact) mass is 391 g/mol. The molecule has 0 aliphatic carbocycles. The van der Waals surface area contributed by atoms with Crippen LogP contribution in [0.4, 0.5) is 13.2 Å². The molecule has 8 heteroatoms. The van der Waals surface area contributed by atoms with Crippen molar-refractivity contribution in [1.82, 2.24) is 14.8 Å². The van der Waals surface area contributed by atoms with Crippen LogP contribution in [0.2, 0.25) is 0 Å². The highest BCUT2D eigenvalue weighted by atomic mass is 79.9. The van der Waals surface area contributed by atoms with E-state index in [1.807, 2.05) is 24.3 Å². The fourth-order valence-electron chi connectivity index (χ4n) is 1.70. The molecule has 0 atom stereocenters. The third-order valence-electron chi connectivity index (χ3n) is 2.67.